The van der Waals surface area contributed by atoms with E-state index in [0.717, 1.165) is 13.0 Å². The lowest BCUT2D eigenvalue weighted by molar-refractivity contribution is 0.0757. The normalized spacial score (nSPS) is 10.1. The summed E-state index contributed by atoms with van der Waals surface area (Å²) in [7, 11) is 0. The minimum Gasteiger partial charge on any atom is -0.397 e. The highest BCUT2D eigenvalue weighted by Gasteiger charge is 2.18. The fourth-order valence-electron chi connectivity index (χ4n) is 1.89. The van der Waals surface area contributed by atoms with Crippen LogP contribution in [0.25, 0.3) is 0 Å². The van der Waals surface area contributed by atoms with Crippen LogP contribution in [0.3, 0.4) is 0 Å². The number of carbonyl (C=O) groups is 1. The summed E-state index contributed by atoms with van der Waals surface area (Å²) < 4.78 is 1.88. The summed E-state index contributed by atoms with van der Waals surface area (Å²) in [4.78, 5) is 14.0. The van der Waals surface area contributed by atoms with Gasteiger partial charge in [0, 0.05) is 25.8 Å². The molecule has 1 rings (SSSR count). The first-order chi connectivity index (χ1) is 8.63. The standard InChI is InChI=1S/C13H20N4O/c1-3-7-17-10-11(15)9-12(17)13(18)16(4-2)8-5-6-14/h9-10H,3-5,7-8,15H2,1-2H3. The van der Waals surface area contributed by atoms with E-state index in [1.165, 1.54) is 0 Å². The number of aryl methyl sites for hydroxylation is 1. The Morgan fingerprint density at radius 3 is 2.83 bits per heavy atom. The van der Waals surface area contributed by atoms with Crippen LogP contribution in [0.1, 0.15) is 37.2 Å². The molecule has 0 bridgehead atoms. The summed E-state index contributed by atoms with van der Waals surface area (Å²) in [6.45, 7) is 5.79. The number of aromatic nitrogens is 1. The van der Waals surface area contributed by atoms with Gasteiger partial charge in [0.15, 0.2) is 0 Å². The third kappa shape index (κ3) is 3.27. The first-order valence-corrected chi connectivity index (χ1v) is 6.25. The molecule has 0 spiro atoms. The van der Waals surface area contributed by atoms with E-state index in [9.17, 15) is 4.79 Å². The highest BCUT2D eigenvalue weighted by atomic mass is 16.2. The highest BCUT2D eigenvalue weighted by molar-refractivity contribution is 5.93. The van der Waals surface area contributed by atoms with Gasteiger partial charge in [0.1, 0.15) is 5.69 Å². The van der Waals surface area contributed by atoms with Crippen molar-refractivity contribution in [3.63, 3.8) is 0 Å². The smallest absolute Gasteiger partial charge is 0.270 e. The maximum absolute atomic E-state index is 12.3. The zero-order chi connectivity index (χ0) is 13.5. The molecule has 5 heteroatoms. The van der Waals surface area contributed by atoms with E-state index in [0.29, 0.717) is 30.9 Å². The van der Waals surface area contributed by atoms with Crippen LogP contribution in [0.2, 0.25) is 0 Å². The molecule has 0 saturated heterocycles. The Balaban J connectivity index is 2.90. The van der Waals surface area contributed by atoms with Gasteiger partial charge in [0.25, 0.3) is 5.91 Å². The molecule has 1 aromatic heterocycles. The molecule has 0 aliphatic rings. The summed E-state index contributed by atoms with van der Waals surface area (Å²) in [6.07, 6.45) is 3.08. The molecule has 1 heterocycles. The summed E-state index contributed by atoms with van der Waals surface area (Å²) in [5, 5.41) is 8.59. The monoisotopic (exact) mass is 248 g/mol. The van der Waals surface area contributed by atoms with Crippen molar-refractivity contribution >= 4 is 11.6 Å². The molecule has 2 N–H and O–H groups in total. The van der Waals surface area contributed by atoms with E-state index in [2.05, 4.69) is 13.0 Å². The zero-order valence-electron chi connectivity index (χ0n) is 11.0. The molecule has 0 atom stereocenters. The number of hydrogen-bond donors (Lipinski definition) is 1. The third-order valence-corrected chi connectivity index (χ3v) is 2.76. The third-order valence-electron chi connectivity index (χ3n) is 2.76. The number of nitrogens with zero attached hydrogens (tertiary/aromatic N) is 3. The number of nitrogen functional groups attached to an aromatic ring is 1. The SMILES string of the molecule is CCCn1cc(N)cc1C(=O)N(CC)CCC#N. The van der Waals surface area contributed by atoms with Gasteiger partial charge >= 0.3 is 0 Å². The number of amides is 1. The number of rotatable bonds is 6. The van der Waals surface area contributed by atoms with Crippen LogP contribution in [0.15, 0.2) is 12.3 Å². The van der Waals surface area contributed by atoms with Gasteiger partial charge in [-0.1, -0.05) is 6.92 Å². The molecule has 0 aliphatic carbocycles. The van der Waals surface area contributed by atoms with Crippen LogP contribution >= 0.6 is 0 Å². The first-order valence-electron chi connectivity index (χ1n) is 6.25. The second kappa shape index (κ2) is 6.70. The molecule has 0 radical (unpaired) electrons. The predicted octanol–water partition coefficient (Wildman–Crippen LogP) is 1.86. The van der Waals surface area contributed by atoms with Crippen molar-refractivity contribution in [1.82, 2.24) is 9.47 Å². The molecule has 0 fully saturated rings. The van der Waals surface area contributed by atoms with E-state index in [1.54, 1.807) is 17.2 Å². The van der Waals surface area contributed by atoms with Gasteiger partial charge in [-0.05, 0) is 19.4 Å². The largest absolute Gasteiger partial charge is 0.397 e. The van der Waals surface area contributed by atoms with E-state index in [1.807, 2.05) is 11.5 Å². The van der Waals surface area contributed by atoms with Crippen molar-refractivity contribution < 1.29 is 4.79 Å². The summed E-state index contributed by atoms with van der Waals surface area (Å²) in [5.74, 6) is -0.0575. The lowest BCUT2D eigenvalue weighted by Gasteiger charge is -2.20. The Bertz CT molecular complexity index is 444. The van der Waals surface area contributed by atoms with Crippen LogP contribution in [-0.2, 0) is 6.54 Å². The average Bonchev–Trinajstić information content (AvgIpc) is 2.71. The maximum Gasteiger partial charge on any atom is 0.270 e. The van der Waals surface area contributed by atoms with Crippen LogP contribution in [-0.4, -0.2) is 28.5 Å². The van der Waals surface area contributed by atoms with Crippen LogP contribution in [0.4, 0.5) is 5.69 Å². The van der Waals surface area contributed by atoms with E-state index in [-0.39, 0.29) is 5.91 Å². The van der Waals surface area contributed by atoms with Gasteiger partial charge in [0.05, 0.1) is 18.2 Å². The molecule has 1 amide bonds. The van der Waals surface area contributed by atoms with Gasteiger partial charge in [-0.3, -0.25) is 4.79 Å². The fourth-order valence-corrected chi connectivity index (χ4v) is 1.89. The second-order valence-electron chi connectivity index (χ2n) is 4.15. The van der Waals surface area contributed by atoms with Crippen molar-refractivity contribution in [3.8, 4) is 6.07 Å². The van der Waals surface area contributed by atoms with E-state index < -0.39 is 0 Å². The Kier molecular flexibility index (Phi) is 5.25. The maximum atomic E-state index is 12.3. The summed E-state index contributed by atoms with van der Waals surface area (Å²) in [6, 6.07) is 3.76. The van der Waals surface area contributed by atoms with Gasteiger partial charge in [-0.25, -0.2) is 0 Å². The van der Waals surface area contributed by atoms with E-state index >= 15 is 0 Å². The van der Waals surface area contributed by atoms with E-state index in [4.69, 9.17) is 11.0 Å². The predicted molar refractivity (Wildman–Crippen MR) is 70.9 cm³/mol. The Labute approximate surface area is 108 Å². The summed E-state index contributed by atoms with van der Waals surface area (Å²) >= 11 is 0. The van der Waals surface area contributed by atoms with Crippen molar-refractivity contribution in [2.45, 2.75) is 33.2 Å². The Hall–Kier alpha value is -1.96. The molecule has 0 aliphatic heterocycles. The van der Waals surface area contributed by atoms with Gasteiger partial charge in [-0.15, -0.1) is 0 Å². The van der Waals surface area contributed by atoms with Crippen LogP contribution in [0, 0.1) is 11.3 Å². The lowest BCUT2D eigenvalue weighted by atomic mass is 10.3. The summed E-state index contributed by atoms with van der Waals surface area (Å²) in [5.41, 5.74) is 6.95. The van der Waals surface area contributed by atoms with Gasteiger partial charge < -0.3 is 15.2 Å². The lowest BCUT2D eigenvalue weighted by Crippen LogP contribution is -2.33. The molecule has 18 heavy (non-hydrogen) atoms. The zero-order valence-corrected chi connectivity index (χ0v) is 11.0. The van der Waals surface area contributed by atoms with Crippen molar-refractivity contribution in [2.75, 3.05) is 18.8 Å². The number of nitrogens with two attached hydrogens (primary N) is 1. The van der Waals surface area contributed by atoms with Crippen LogP contribution in [0.5, 0.6) is 0 Å². The van der Waals surface area contributed by atoms with Crippen LogP contribution < -0.4 is 5.73 Å². The average molecular weight is 248 g/mol. The number of carbonyl (C=O) groups excluding carboxylic acids is 1. The number of hydrogen-bond acceptors (Lipinski definition) is 3. The minimum atomic E-state index is -0.0575. The van der Waals surface area contributed by atoms with Gasteiger partial charge in [0.2, 0.25) is 0 Å². The number of nitriles is 1. The van der Waals surface area contributed by atoms with Crippen molar-refractivity contribution in [1.29, 1.82) is 5.26 Å². The fraction of sp³-hybridized carbons (Fsp3) is 0.538. The molecule has 1 aromatic rings. The van der Waals surface area contributed by atoms with Crippen molar-refractivity contribution in [2.24, 2.45) is 0 Å². The Morgan fingerprint density at radius 1 is 1.56 bits per heavy atom. The molecular weight excluding hydrogens is 228 g/mol. The molecule has 0 aromatic carbocycles. The molecule has 98 valence electrons. The second-order valence-corrected chi connectivity index (χ2v) is 4.15. The molecule has 0 saturated carbocycles. The molecular formula is C13H20N4O. The quantitative estimate of drug-likeness (QED) is 0.834. The molecule has 0 unspecified atom stereocenters. The molecule has 5 nitrogen and oxygen atoms in total. The first kappa shape index (κ1) is 14.1. The minimum absolute atomic E-state index is 0.0575. The number of anilines is 1. The Morgan fingerprint density at radius 2 is 2.28 bits per heavy atom. The highest BCUT2D eigenvalue weighted by Crippen LogP contribution is 2.14. The van der Waals surface area contributed by atoms with Crippen molar-refractivity contribution in [3.05, 3.63) is 18.0 Å². The topological polar surface area (TPSA) is 75.0 Å². The van der Waals surface area contributed by atoms with Gasteiger partial charge in [-0.2, -0.15) is 5.26 Å².